The fourth-order valence-electron chi connectivity index (χ4n) is 3.07. The Kier molecular flexibility index (Phi) is 6.73. The standard InChI is InChI=1S/C22H16ClF3N6O2/c23-18-6-5-14(11-17(18)22(24,25)26)28-20(33)7-4-13-2-1-3-15(10-13)34-16-8-9-27-19(12-16)21-29-31-32-30-21/h1-3,5-6,8-12H,4,7H2,(H,28,33)(H,29,30,31,32). The SMILES string of the molecule is O=C(CCc1cccc(Oc2ccnc(-c3nn[nH]n3)c2)c1)Nc1ccc(Cl)c(C(F)(F)F)c1. The fourth-order valence-corrected chi connectivity index (χ4v) is 3.29. The first-order chi connectivity index (χ1) is 16.3. The van der Waals surface area contributed by atoms with Gasteiger partial charge in [0.25, 0.3) is 0 Å². The lowest BCUT2D eigenvalue weighted by Crippen LogP contribution is -2.14. The zero-order valence-corrected chi connectivity index (χ0v) is 18.1. The molecule has 2 aromatic carbocycles. The quantitative estimate of drug-likeness (QED) is 0.366. The fraction of sp³-hybridized carbons (Fsp3) is 0.136. The molecule has 4 rings (SSSR count). The number of aryl methyl sites for hydroxylation is 1. The number of hydrogen-bond donors (Lipinski definition) is 2. The van der Waals surface area contributed by atoms with E-state index in [9.17, 15) is 18.0 Å². The van der Waals surface area contributed by atoms with E-state index in [2.05, 4.69) is 30.9 Å². The van der Waals surface area contributed by atoms with Crippen molar-refractivity contribution in [1.29, 1.82) is 0 Å². The largest absolute Gasteiger partial charge is 0.457 e. The summed E-state index contributed by atoms with van der Waals surface area (Å²) in [5.41, 5.74) is 0.312. The molecule has 0 atom stereocenters. The van der Waals surface area contributed by atoms with Crippen molar-refractivity contribution in [2.24, 2.45) is 0 Å². The second kappa shape index (κ2) is 9.87. The minimum absolute atomic E-state index is 0.0221. The van der Waals surface area contributed by atoms with Crippen molar-refractivity contribution >= 4 is 23.2 Å². The zero-order chi connectivity index (χ0) is 24.1. The van der Waals surface area contributed by atoms with Crippen LogP contribution in [-0.4, -0.2) is 31.5 Å². The van der Waals surface area contributed by atoms with Crippen molar-refractivity contribution in [3.05, 3.63) is 76.9 Å². The lowest BCUT2D eigenvalue weighted by Gasteiger charge is -2.12. The van der Waals surface area contributed by atoms with E-state index in [1.807, 2.05) is 6.07 Å². The smallest absolute Gasteiger partial charge is 0.417 e. The Bertz CT molecular complexity index is 1300. The molecule has 0 saturated carbocycles. The van der Waals surface area contributed by atoms with Gasteiger partial charge < -0.3 is 10.1 Å². The molecule has 4 aromatic rings. The number of amides is 1. The number of alkyl halides is 3. The number of halogens is 4. The van der Waals surface area contributed by atoms with Crippen LogP contribution < -0.4 is 10.1 Å². The Morgan fingerprint density at radius 2 is 1.91 bits per heavy atom. The van der Waals surface area contributed by atoms with E-state index in [1.165, 1.54) is 6.07 Å². The molecule has 174 valence electrons. The predicted molar refractivity (Wildman–Crippen MR) is 117 cm³/mol. The number of H-pyrrole nitrogens is 1. The monoisotopic (exact) mass is 488 g/mol. The topological polar surface area (TPSA) is 106 Å². The van der Waals surface area contributed by atoms with E-state index in [0.29, 0.717) is 29.4 Å². The number of aromatic nitrogens is 5. The molecule has 0 unspecified atom stereocenters. The summed E-state index contributed by atoms with van der Waals surface area (Å²) in [5.74, 6) is 0.942. The van der Waals surface area contributed by atoms with E-state index in [1.54, 1.807) is 36.5 Å². The van der Waals surface area contributed by atoms with Gasteiger partial charge in [-0.1, -0.05) is 23.7 Å². The van der Waals surface area contributed by atoms with Crippen molar-refractivity contribution < 1.29 is 22.7 Å². The highest BCUT2D eigenvalue weighted by atomic mass is 35.5. The minimum atomic E-state index is -4.61. The number of pyridine rings is 1. The summed E-state index contributed by atoms with van der Waals surface area (Å²) < 4.78 is 44.9. The van der Waals surface area contributed by atoms with Crippen LogP contribution in [0.1, 0.15) is 17.5 Å². The molecule has 0 aliphatic heterocycles. The molecule has 0 spiro atoms. The number of ether oxygens (including phenoxy) is 1. The van der Waals surface area contributed by atoms with E-state index in [4.69, 9.17) is 16.3 Å². The van der Waals surface area contributed by atoms with Crippen molar-refractivity contribution in [2.75, 3.05) is 5.32 Å². The van der Waals surface area contributed by atoms with Gasteiger partial charge in [0.15, 0.2) is 0 Å². The van der Waals surface area contributed by atoms with Crippen LogP contribution in [0.5, 0.6) is 11.5 Å². The average Bonchev–Trinajstić information content (AvgIpc) is 3.34. The van der Waals surface area contributed by atoms with Crippen LogP contribution in [0.2, 0.25) is 5.02 Å². The molecule has 0 saturated heterocycles. The van der Waals surface area contributed by atoms with Crippen LogP contribution in [-0.2, 0) is 17.4 Å². The Morgan fingerprint density at radius 1 is 1.09 bits per heavy atom. The summed E-state index contributed by atoms with van der Waals surface area (Å²) in [7, 11) is 0. The number of carbonyl (C=O) groups excluding carboxylic acids is 1. The molecule has 0 aliphatic carbocycles. The van der Waals surface area contributed by atoms with Crippen LogP contribution in [0, 0.1) is 0 Å². The van der Waals surface area contributed by atoms with Gasteiger partial charge in [-0.3, -0.25) is 9.78 Å². The first-order valence-electron chi connectivity index (χ1n) is 9.91. The highest BCUT2D eigenvalue weighted by Crippen LogP contribution is 2.36. The maximum Gasteiger partial charge on any atom is 0.417 e. The third kappa shape index (κ3) is 5.87. The molecular formula is C22H16ClF3N6O2. The molecule has 34 heavy (non-hydrogen) atoms. The number of nitrogens with zero attached hydrogens (tertiary/aromatic N) is 4. The van der Waals surface area contributed by atoms with Gasteiger partial charge in [0.2, 0.25) is 11.7 Å². The molecule has 8 nitrogen and oxygen atoms in total. The third-order valence-corrected chi connectivity index (χ3v) is 4.97. The highest BCUT2D eigenvalue weighted by Gasteiger charge is 2.33. The van der Waals surface area contributed by atoms with Crippen molar-refractivity contribution in [1.82, 2.24) is 25.6 Å². The lowest BCUT2D eigenvalue weighted by atomic mass is 10.1. The van der Waals surface area contributed by atoms with Gasteiger partial charge in [0, 0.05) is 24.4 Å². The Hall–Kier alpha value is -3.99. The van der Waals surface area contributed by atoms with Crippen LogP contribution in [0.15, 0.2) is 60.8 Å². The van der Waals surface area contributed by atoms with Gasteiger partial charge >= 0.3 is 6.18 Å². The van der Waals surface area contributed by atoms with E-state index in [0.717, 1.165) is 17.7 Å². The van der Waals surface area contributed by atoms with Crippen molar-refractivity contribution in [3.63, 3.8) is 0 Å². The molecule has 2 heterocycles. The minimum Gasteiger partial charge on any atom is -0.457 e. The molecule has 0 fully saturated rings. The summed E-state index contributed by atoms with van der Waals surface area (Å²) in [6, 6.07) is 13.7. The van der Waals surface area contributed by atoms with E-state index < -0.39 is 22.7 Å². The Balaban J connectivity index is 1.37. The number of rotatable bonds is 7. The van der Waals surface area contributed by atoms with Crippen molar-refractivity contribution in [2.45, 2.75) is 19.0 Å². The molecular weight excluding hydrogens is 473 g/mol. The van der Waals surface area contributed by atoms with Gasteiger partial charge in [-0.2, -0.15) is 18.4 Å². The van der Waals surface area contributed by atoms with Crippen LogP contribution in [0.4, 0.5) is 18.9 Å². The number of carbonyl (C=O) groups is 1. The van der Waals surface area contributed by atoms with Gasteiger partial charge in [0.05, 0.1) is 10.6 Å². The highest BCUT2D eigenvalue weighted by molar-refractivity contribution is 6.31. The molecule has 12 heteroatoms. The van der Waals surface area contributed by atoms with Crippen LogP contribution in [0.3, 0.4) is 0 Å². The van der Waals surface area contributed by atoms with Gasteiger partial charge in [0.1, 0.15) is 17.2 Å². The third-order valence-electron chi connectivity index (χ3n) is 4.64. The molecule has 0 aliphatic rings. The number of benzene rings is 2. The molecule has 0 bridgehead atoms. The van der Waals surface area contributed by atoms with E-state index >= 15 is 0 Å². The second-order valence-corrected chi connectivity index (χ2v) is 7.51. The summed E-state index contributed by atoms with van der Waals surface area (Å²) in [5, 5.41) is 15.6. The Morgan fingerprint density at radius 3 is 2.68 bits per heavy atom. The number of nitrogens with one attached hydrogen (secondary N) is 2. The number of hydrogen-bond acceptors (Lipinski definition) is 6. The number of anilines is 1. The van der Waals surface area contributed by atoms with Gasteiger partial charge in [-0.05, 0) is 53.6 Å². The lowest BCUT2D eigenvalue weighted by molar-refractivity contribution is -0.137. The number of aromatic amines is 1. The maximum atomic E-state index is 13.0. The van der Waals surface area contributed by atoms with Gasteiger partial charge in [-0.25, -0.2) is 0 Å². The summed E-state index contributed by atoms with van der Waals surface area (Å²) in [6.45, 7) is 0. The van der Waals surface area contributed by atoms with Crippen molar-refractivity contribution in [3.8, 4) is 23.0 Å². The van der Waals surface area contributed by atoms with E-state index in [-0.39, 0.29) is 12.1 Å². The number of tetrazole rings is 1. The first-order valence-corrected chi connectivity index (χ1v) is 10.3. The summed E-state index contributed by atoms with van der Waals surface area (Å²) >= 11 is 5.61. The van der Waals surface area contributed by atoms with Crippen LogP contribution >= 0.6 is 11.6 Å². The van der Waals surface area contributed by atoms with Gasteiger partial charge in [-0.15, -0.1) is 10.2 Å². The zero-order valence-electron chi connectivity index (χ0n) is 17.3. The first kappa shape index (κ1) is 23.2. The summed E-state index contributed by atoms with van der Waals surface area (Å²) in [4.78, 5) is 16.4. The second-order valence-electron chi connectivity index (χ2n) is 7.10. The maximum absolute atomic E-state index is 13.0. The van der Waals surface area contributed by atoms with Crippen LogP contribution in [0.25, 0.3) is 11.5 Å². The summed E-state index contributed by atoms with van der Waals surface area (Å²) in [6.07, 6.45) is -2.65. The Labute approximate surface area is 196 Å². The molecule has 0 radical (unpaired) electrons. The predicted octanol–water partition coefficient (Wildman–Crippen LogP) is 5.30. The molecule has 2 aromatic heterocycles. The molecule has 1 amide bonds. The molecule has 2 N–H and O–H groups in total. The average molecular weight is 489 g/mol. The normalized spacial score (nSPS) is 11.3.